The van der Waals surface area contributed by atoms with Gasteiger partial charge in [0.05, 0.1) is 5.56 Å². The first-order valence-corrected chi connectivity index (χ1v) is 3.51. The molecule has 4 nitrogen and oxygen atoms in total. The number of aromatic hydroxyl groups is 2. The molecule has 2 N–H and O–H groups in total. The Labute approximate surface area is 68.9 Å². The summed E-state index contributed by atoms with van der Waals surface area (Å²) < 4.78 is 0. The average molecular weight is 168 g/mol. The van der Waals surface area contributed by atoms with Crippen molar-refractivity contribution in [2.45, 2.75) is 12.7 Å². The Balaban J connectivity index is 2.48. The van der Waals surface area contributed by atoms with Gasteiger partial charge in [-0.2, -0.15) is 9.78 Å². The molecule has 1 fully saturated rings. The molecule has 1 saturated heterocycles. The van der Waals surface area contributed by atoms with Crippen LogP contribution in [-0.4, -0.2) is 10.2 Å². The Morgan fingerprint density at radius 2 is 1.92 bits per heavy atom. The zero-order valence-electron chi connectivity index (χ0n) is 6.44. The van der Waals surface area contributed by atoms with E-state index >= 15 is 0 Å². The normalized spacial score (nSPS) is 19.1. The summed E-state index contributed by atoms with van der Waals surface area (Å²) in [5, 5.41) is 18.4. The molecule has 4 heteroatoms. The van der Waals surface area contributed by atoms with Crippen LogP contribution < -0.4 is 0 Å². The lowest BCUT2D eigenvalue weighted by Gasteiger charge is -2.04. The Bertz CT molecular complexity index is 317. The zero-order valence-corrected chi connectivity index (χ0v) is 6.44. The van der Waals surface area contributed by atoms with Gasteiger partial charge in [-0.05, 0) is 18.2 Å². The molecule has 0 atom stereocenters. The van der Waals surface area contributed by atoms with Gasteiger partial charge in [0.2, 0.25) is 0 Å². The summed E-state index contributed by atoms with van der Waals surface area (Å²) in [4.78, 5) is 9.29. The Hall–Kier alpha value is -1.26. The van der Waals surface area contributed by atoms with Crippen molar-refractivity contribution >= 4 is 0 Å². The van der Waals surface area contributed by atoms with Crippen LogP contribution in [-0.2, 0) is 15.6 Å². The van der Waals surface area contributed by atoms with Crippen molar-refractivity contribution in [3.8, 4) is 11.5 Å². The second-order valence-corrected chi connectivity index (χ2v) is 2.81. The summed E-state index contributed by atoms with van der Waals surface area (Å²) in [6.45, 7) is 1.65. The molecular weight excluding hydrogens is 160 g/mol. The molecule has 0 bridgehead atoms. The Morgan fingerprint density at radius 1 is 1.25 bits per heavy atom. The number of hydrogen-bond acceptors (Lipinski definition) is 4. The monoisotopic (exact) mass is 168 g/mol. The third-order valence-corrected chi connectivity index (χ3v) is 1.80. The Morgan fingerprint density at radius 3 is 2.50 bits per heavy atom. The summed E-state index contributed by atoms with van der Waals surface area (Å²) in [6.07, 6.45) is 0. The van der Waals surface area contributed by atoms with Crippen molar-refractivity contribution in [1.29, 1.82) is 0 Å². The van der Waals surface area contributed by atoms with E-state index in [9.17, 15) is 5.11 Å². The maximum absolute atomic E-state index is 9.34. The molecule has 0 aliphatic carbocycles. The van der Waals surface area contributed by atoms with E-state index in [0.717, 1.165) is 0 Å². The van der Waals surface area contributed by atoms with Crippen LogP contribution >= 0.6 is 0 Å². The highest BCUT2D eigenvalue weighted by atomic mass is 17.4. The molecule has 12 heavy (non-hydrogen) atoms. The second kappa shape index (κ2) is 2.12. The van der Waals surface area contributed by atoms with Crippen LogP contribution in [0.3, 0.4) is 0 Å². The first-order valence-electron chi connectivity index (χ1n) is 3.51. The maximum Gasteiger partial charge on any atom is 0.260 e. The quantitative estimate of drug-likeness (QED) is 0.376. The van der Waals surface area contributed by atoms with Gasteiger partial charge in [-0.15, -0.1) is 0 Å². The predicted octanol–water partition coefficient (Wildman–Crippen LogP) is 1.23. The lowest BCUT2D eigenvalue weighted by Crippen LogP contribution is -2.00. The summed E-state index contributed by atoms with van der Waals surface area (Å²) in [5.41, 5.74) is 0.433. The minimum Gasteiger partial charge on any atom is -0.508 e. The molecular formula is C8H8O4. The molecule has 0 amide bonds. The van der Waals surface area contributed by atoms with Gasteiger partial charge in [0.25, 0.3) is 5.79 Å². The second-order valence-electron chi connectivity index (χ2n) is 2.81. The molecule has 64 valence electrons. The van der Waals surface area contributed by atoms with Crippen molar-refractivity contribution in [2.24, 2.45) is 0 Å². The fourth-order valence-electron chi connectivity index (χ4n) is 1.04. The number of rotatable bonds is 1. The van der Waals surface area contributed by atoms with Crippen molar-refractivity contribution < 1.29 is 20.0 Å². The number of hydrogen-bond donors (Lipinski definition) is 2. The van der Waals surface area contributed by atoms with Crippen molar-refractivity contribution in [1.82, 2.24) is 0 Å². The van der Waals surface area contributed by atoms with Crippen molar-refractivity contribution in [2.75, 3.05) is 0 Å². The smallest absolute Gasteiger partial charge is 0.260 e. The fourth-order valence-corrected chi connectivity index (χ4v) is 1.04. The maximum atomic E-state index is 9.34. The minimum absolute atomic E-state index is 0.0489. The van der Waals surface area contributed by atoms with Gasteiger partial charge in [0, 0.05) is 6.92 Å². The molecule has 1 aromatic rings. The summed E-state index contributed by atoms with van der Waals surface area (Å²) in [5.74, 6) is -0.765. The molecule has 1 aromatic carbocycles. The van der Waals surface area contributed by atoms with E-state index in [-0.39, 0.29) is 11.5 Å². The van der Waals surface area contributed by atoms with E-state index in [4.69, 9.17) is 5.11 Å². The highest BCUT2D eigenvalue weighted by Gasteiger charge is 2.47. The lowest BCUT2D eigenvalue weighted by molar-refractivity contribution is 0.0850. The molecule has 0 unspecified atom stereocenters. The standard InChI is InChI=1S/C8H8O4/c1-8(11-12-8)6-4-5(9)2-3-7(6)10/h2-4,9-10H,1H3. The number of phenols is 2. The fraction of sp³-hybridized carbons (Fsp3) is 0.250. The van der Waals surface area contributed by atoms with Crippen molar-refractivity contribution in [3.63, 3.8) is 0 Å². The van der Waals surface area contributed by atoms with Gasteiger partial charge in [0.15, 0.2) is 0 Å². The van der Waals surface area contributed by atoms with Crippen LogP contribution in [0.4, 0.5) is 0 Å². The third-order valence-electron chi connectivity index (χ3n) is 1.80. The van der Waals surface area contributed by atoms with E-state index < -0.39 is 5.79 Å². The predicted molar refractivity (Wildman–Crippen MR) is 39.3 cm³/mol. The van der Waals surface area contributed by atoms with Crippen LogP contribution in [0.5, 0.6) is 11.5 Å². The van der Waals surface area contributed by atoms with Gasteiger partial charge in [0.1, 0.15) is 11.5 Å². The lowest BCUT2D eigenvalue weighted by atomic mass is 10.1. The SMILES string of the molecule is CC1(c2cc(O)ccc2O)OO1. The van der Waals surface area contributed by atoms with Gasteiger partial charge in [-0.1, -0.05) is 0 Å². The van der Waals surface area contributed by atoms with E-state index in [1.54, 1.807) is 6.92 Å². The van der Waals surface area contributed by atoms with Crippen LogP contribution in [0.25, 0.3) is 0 Å². The molecule has 0 aromatic heterocycles. The molecule has 0 radical (unpaired) electrons. The summed E-state index contributed by atoms with van der Waals surface area (Å²) in [7, 11) is 0. The van der Waals surface area contributed by atoms with Crippen LogP contribution in [0.15, 0.2) is 18.2 Å². The van der Waals surface area contributed by atoms with Gasteiger partial charge in [-0.25, -0.2) is 0 Å². The minimum atomic E-state index is -0.886. The molecule has 1 aliphatic rings. The van der Waals surface area contributed by atoms with E-state index in [1.807, 2.05) is 0 Å². The largest absolute Gasteiger partial charge is 0.508 e. The Kier molecular flexibility index (Phi) is 1.31. The van der Waals surface area contributed by atoms with Crippen LogP contribution in [0.1, 0.15) is 12.5 Å². The number of phenolic OH excluding ortho intramolecular Hbond substituents is 2. The molecule has 2 rings (SSSR count). The molecule has 1 aliphatic heterocycles. The average Bonchev–Trinajstić information content (AvgIpc) is 2.75. The van der Waals surface area contributed by atoms with E-state index in [2.05, 4.69) is 9.78 Å². The van der Waals surface area contributed by atoms with Crippen LogP contribution in [0.2, 0.25) is 0 Å². The van der Waals surface area contributed by atoms with Gasteiger partial charge < -0.3 is 10.2 Å². The van der Waals surface area contributed by atoms with Gasteiger partial charge >= 0.3 is 0 Å². The molecule has 0 spiro atoms. The molecule has 0 saturated carbocycles. The van der Waals surface area contributed by atoms with E-state index in [1.165, 1.54) is 18.2 Å². The third kappa shape index (κ3) is 1.01. The first kappa shape index (κ1) is 7.39. The van der Waals surface area contributed by atoms with Crippen LogP contribution in [0, 0.1) is 0 Å². The number of benzene rings is 1. The highest BCUT2D eigenvalue weighted by Crippen LogP contribution is 2.44. The van der Waals surface area contributed by atoms with E-state index in [0.29, 0.717) is 5.56 Å². The topological polar surface area (TPSA) is 65.5 Å². The zero-order chi connectivity index (χ0) is 8.77. The highest BCUT2D eigenvalue weighted by molar-refractivity contribution is 5.41. The summed E-state index contributed by atoms with van der Waals surface area (Å²) in [6, 6.07) is 4.19. The summed E-state index contributed by atoms with van der Waals surface area (Å²) >= 11 is 0. The first-order chi connectivity index (χ1) is 5.62. The molecule has 1 heterocycles. The van der Waals surface area contributed by atoms with Crippen molar-refractivity contribution in [3.05, 3.63) is 23.8 Å². The van der Waals surface area contributed by atoms with Gasteiger partial charge in [-0.3, -0.25) is 0 Å².